The van der Waals surface area contributed by atoms with Crippen molar-refractivity contribution >= 4 is 17.6 Å². The normalized spacial score (nSPS) is 22.9. The minimum Gasteiger partial charge on any atom is -0.373 e. The zero-order valence-electron chi connectivity index (χ0n) is 7.36. The van der Waals surface area contributed by atoms with Crippen LogP contribution in [0.4, 0.5) is 0 Å². The summed E-state index contributed by atoms with van der Waals surface area (Å²) in [5.74, 6) is 0. The topological polar surface area (TPSA) is 26.3 Å². The molecule has 1 atom stereocenters. The van der Waals surface area contributed by atoms with Gasteiger partial charge in [0.25, 0.3) is 0 Å². The summed E-state index contributed by atoms with van der Waals surface area (Å²) in [6, 6.07) is 3.87. The Labute approximate surface area is 81.5 Å². The first-order valence-electron chi connectivity index (χ1n) is 4.56. The lowest BCUT2D eigenvalue weighted by molar-refractivity contribution is 0.0172. The van der Waals surface area contributed by atoms with E-state index >= 15 is 0 Å². The Kier molecular flexibility index (Phi) is 2.76. The number of thiophene rings is 1. The Morgan fingerprint density at radius 2 is 2.38 bits per heavy atom. The summed E-state index contributed by atoms with van der Waals surface area (Å²) in [4.78, 5) is 12.5. The molecule has 0 aliphatic carbocycles. The summed E-state index contributed by atoms with van der Waals surface area (Å²) >= 11 is 1.55. The van der Waals surface area contributed by atoms with Crippen molar-refractivity contribution < 1.29 is 9.53 Å². The van der Waals surface area contributed by atoms with Crippen LogP contribution in [0, 0.1) is 0 Å². The standard InChI is InChI=1S/C10H12O2S/c11-7-8-4-5-10(13-8)9-3-1-2-6-12-9/h4-5,7,9H,1-3,6H2/t9-/m1/s1. The zero-order chi connectivity index (χ0) is 9.10. The number of hydrogen-bond acceptors (Lipinski definition) is 3. The molecule has 70 valence electrons. The number of carbonyl (C=O) groups is 1. The average molecular weight is 196 g/mol. The SMILES string of the molecule is O=Cc1ccc([C@H]2CCCCO2)s1. The number of aldehydes is 1. The predicted octanol–water partition coefficient (Wildman–Crippen LogP) is 2.80. The van der Waals surface area contributed by atoms with Crippen LogP contribution in [0.5, 0.6) is 0 Å². The molecule has 0 spiro atoms. The summed E-state index contributed by atoms with van der Waals surface area (Å²) in [6.45, 7) is 0.860. The molecule has 0 unspecified atom stereocenters. The van der Waals surface area contributed by atoms with E-state index in [0.29, 0.717) is 0 Å². The molecule has 3 heteroatoms. The molecule has 2 rings (SSSR count). The van der Waals surface area contributed by atoms with E-state index in [1.165, 1.54) is 17.7 Å². The maximum Gasteiger partial charge on any atom is 0.160 e. The van der Waals surface area contributed by atoms with Crippen molar-refractivity contribution in [3.05, 3.63) is 21.9 Å². The van der Waals surface area contributed by atoms with Crippen LogP contribution in [-0.4, -0.2) is 12.9 Å². The highest BCUT2D eigenvalue weighted by Gasteiger charge is 2.17. The second kappa shape index (κ2) is 4.03. The summed E-state index contributed by atoms with van der Waals surface area (Å²) < 4.78 is 5.62. The Morgan fingerprint density at radius 1 is 1.46 bits per heavy atom. The third kappa shape index (κ3) is 1.98. The van der Waals surface area contributed by atoms with Crippen molar-refractivity contribution in [3.8, 4) is 0 Å². The molecular formula is C10H12O2S. The molecule has 0 bridgehead atoms. The van der Waals surface area contributed by atoms with Crippen LogP contribution in [0.1, 0.15) is 39.9 Å². The van der Waals surface area contributed by atoms with Gasteiger partial charge < -0.3 is 4.74 Å². The van der Waals surface area contributed by atoms with Crippen LogP contribution < -0.4 is 0 Å². The third-order valence-electron chi connectivity index (χ3n) is 2.26. The first-order chi connectivity index (χ1) is 6.40. The lowest BCUT2D eigenvalue weighted by Crippen LogP contribution is -2.09. The molecule has 1 aromatic rings. The predicted molar refractivity (Wildman–Crippen MR) is 52.3 cm³/mol. The van der Waals surface area contributed by atoms with Gasteiger partial charge in [-0.1, -0.05) is 0 Å². The molecule has 1 aliphatic heterocycles. The molecule has 2 heterocycles. The highest BCUT2D eigenvalue weighted by molar-refractivity contribution is 7.13. The van der Waals surface area contributed by atoms with E-state index in [1.807, 2.05) is 12.1 Å². The van der Waals surface area contributed by atoms with Crippen LogP contribution in [0.25, 0.3) is 0 Å². The van der Waals surface area contributed by atoms with Gasteiger partial charge in [0, 0.05) is 11.5 Å². The lowest BCUT2D eigenvalue weighted by atomic mass is 10.1. The van der Waals surface area contributed by atoms with E-state index in [2.05, 4.69) is 0 Å². The first-order valence-corrected chi connectivity index (χ1v) is 5.38. The highest BCUT2D eigenvalue weighted by Crippen LogP contribution is 2.31. The summed E-state index contributed by atoms with van der Waals surface area (Å²) in [5, 5.41) is 0. The maximum absolute atomic E-state index is 10.5. The molecule has 0 radical (unpaired) electrons. The second-order valence-corrected chi connectivity index (χ2v) is 4.36. The van der Waals surface area contributed by atoms with Crippen molar-refractivity contribution in [3.63, 3.8) is 0 Å². The van der Waals surface area contributed by atoms with Gasteiger partial charge in [-0.25, -0.2) is 0 Å². The van der Waals surface area contributed by atoms with Gasteiger partial charge in [0.15, 0.2) is 6.29 Å². The Hall–Kier alpha value is -0.670. The van der Waals surface area contributed by atoms with Crippen LogP contribution in [0.2, 0.25) is 0 Å². The summed E-state index contributed by atoms with van der Waals surface area (Å²) in [7, 11) is 0. The Morgan fingerprint density at radius 3 is 3.00 bits per heavy atom. The minimum atomic E-state index is 0.243. The average Bonchev–Trinajstić information content (AvgIpc) is 2.67. The molecule has 1 aromatic heterocycles. The van der Waals surface area contributed by atoms with Crippen molar-refractivity contribution in [2.45, 2.75) is 25.4 Å². The van der Waals surface area contributed by atoms with Crippen molar-refractivity contribution in [1.29, 1.82) is 0 Å². The molecule has 1 fully saturated rings. The molecule has 1 aliphatic rings. The monoisotopic (exact) mass is 196 g/mol. The van der Waals surface area contributed by atoms with Crippen LogP contribution in [0.3, 0.4) is 0 Å². The quantitative estimate of drug-likeness (QED) is 0.680. The van der Waals surface area contributed by atoms with Gasteiger partial charge >= 0.3 is 0 Å². The molecule has 0 amide bonds. The fourth-order valence-corrected chi connectivity index (χ4v) is 2.48. The van der Waals surface area contributed by atoms with Gasteiger partial charge in [0.1, 0.15) is 0 Å². The van der Waals surface area contributed by atoms with E-state index in [-0.39, 0.29) is 6.10 Å². The van der Waals surface area contributed by atoms with E-state index in [0.717, 1.165) is 24.2 Å². The van der Waals surface area contributed by atoms with E-state index < -0.39 is 0 Å². The van der Waals surface area contributed by atoms with E-state index in [1.54, 1.807) is 11.3 Å². The number of carbonyl (C=O) groups excluding carboxylic acids is 1. The second-order valence-electron chi connectivity index (χ2n) is 3.21. The van der Waals surface area contributed by atoms with Gasteiger partial charge in [0.05, 0.1) is 11.0 Å². The first kappa shape index (κ1) is 8.91. The number of ether oxygens (including phenoxy) is 1. The summed E-state index contributed by atoms with van der Waals surface area (Å²) in [6.07, 6.45) is 4.64. The van der Waals surface area contributed by atoms with Gasteiger partial charge in [-0.05, 0) is 31.4 Å². The molecule has 13 heavy (non-hydrogen) atoms. The van der Waals surface area contributed by atoms with Crippen LogP contribution in [-0.2, 0) is 4.74 Å². The van der Waals surface area contributed by atoms with Crippen LogP contribution >= 0.6 is 11.3 Å². The fourth-order valence-electron chi connectivity index (χ4n) is 1.57. The Balaban J connectivity index is 2.09. The number of hydrogen-bond donors (Lipinski definition) is 0. The molecule has 0 saturated carbocycles. The van der Waals surface area contributed by atoms with E-state index in [4.69, 9.17) is 4.74 Å². The molecule has 0 N–H and O–H groups in total. The largest absolute Gasteiger partial charge is 0.373 e. The number of rotatable bonds is 2. The molecule has 2 nitrogen and oxygen atoms in total. The molecule has 0 aromatic carbocycles. The van der Waals surface area contributed by atoms with Crippen molar-refractivity contribution in [2.75, 3.05) is 6.61 Å². The zero-order valence-corrected chi connectivity index (χ0v) is 8.18. The van der Waals surface area contributed by atoms with Crippen molar-refractivity contribution in [1.82, 2.24) is 0 Å². The minimum absolute atomic E-state index is 0.243. The van der Waals surface area contributed by atoms with Gasteiger partial charge in [-0.3, -0.25) is 4.79 Å². The lowest BCUT2D eigenvalue weighted by Gasteiger charge is -2.21. The highest BCUT2D eigenvalue weighted by atomic mass is 32.1. The Bertz CT molecular complexity index is 287. The van der Waals surface area contributed by atoms with E-state index in [9.17, 15) is 4.79 Å². The molecule has 1 saturated heterocycles. The van der Waals surface area contributed by atoms with Gasteiger partial charge in [-0.15, -0.1) is 11.3 Å². The van der Waals surface area contributed by atoms with Gasteiger partial charge in [0.2, 0.25) is 0 Å². The molecular weight excluding hydrogens is 184 g/mol. The van der Waals surface area contributed by atoms with Crippen LogP contribution in [0.15, 0.2) is 12.1 Å². The van der Waals surface area contributed by atoms with Crippen molar-refractivity contribution in [2.24, 2.45) is 0 Å². The summed E-state index contributed by atoms with van der Waals surface area (Å²) in [5.41, 5.74) is 0. The smallest absolute Gasteiger partial charge is 0.160 e. The maximum atomic E-state index is 10.5. The van der Waals surface area contributed by atoms with Gasteiger partial charge in [-0.2, -0.15) is 0 Å². The third-order valence-corrected chi connectivity index (χ3v) is 3.36. The fraction of sp³-hybridized carbons (Fsp3) is 0.500.